The molecule has 0 saturated heterocycles. The highest BCUT2D eigenvalue weighted by Gasteiger charge is 2.52. The van der Waals surface area contributed by atoms with Crippen LogP contribution in [0.3, 0.4) is 0 Å². The summed E-state index contributed by atoms with van der Waals surface area (Å²) in [6, 6.07) is 102. The van der Waals surface area contributed by atoms with Crippen LogP contribution in [0.15, 0.2) is 273 Å². The number of hydrogen-bond donors (Lipinski definition) is 0. The zero-order chi connectivity index (χ0) is 47.3. The Balaban J connectivity index is 1.05. The fourth-order valence-electron chi connectivity index (χ4n) is 12.8. The lowest BCUT2D eigenvalue weighted by atomic mass is 9.70. The first-order chi connectivity index (χ1) is 35.7. The molecule has 0 aromatic heterocycles. The van der Waals surface area contributed by atoms with E-state index in [-0.39, 0.29) is 0 Å². The molecule has 15 rings (SSSR count). The Hall–Kier alpha value is -9.30. The highest BCUT2D eigenvalue weighted by atomic mass is 15.1. The minimum absolute atomic E-state index is 0.523. The minimum atomic E-state index is -0.523. The maximum atomic E-state index is 2.57. The Bertz CT molecular complexity index is 4250. The van der Waals surface area contributed by atoms with Crippen molar-refractivity contribution in [2.75, 3.05) is 4.90 Å². The summed E-state index contributed by atoms with van der Waals surface area (Å²) in [5, 5.41) is 9.97. The first-order valence-electron chi connectivity index (χ1n) is 25.1. The zero-order valence-corrected chi connectivity index (χ0v) is 39.4. The van der Waals surface area contributed by atoms with Crippen molar-refractivity contribution >= 4 is 60.2 Å². The highest BCUT2D eigenvalue weighted by Crippen LogP contribution is 2.64. The Morgan fingerprint density at radius 3 is 1.28 bits per heavy atom. The number of nitrogens with zero attached hydrogens (tertiary/aromatic N) is 1. The van der Waals surface area contributed by atoms with Crippen LogP contribution >= 0.6 is 0 Å². The molecule has 1 nitrogen and oxygen atoms in total. The molecule has 72 heavy (non-hydrogen) atoms. The van der Waals surface area contributed by atoms with Crippen LogP contribution in [0.4, 0.5) is 17.1 Å². The van der Waals surface area contributed by atoms with Gasteiger partial charge >= 0.3 is 0 Å². The topological polar surface area (TPSA) is 3.24 Å². The minimum Gasteiger partial charge on any atom is -0.310 e. The molecular formula is C71H45N. The van der Waals surface area contributed by atoms with E-state index >= 15 is 0 Å². The summed E-state index contributed by atoms with van der Waals surface area (Å²) in [4.78, 5) is 2.55. The molecule has 1 spiro atoms. The van der Waals surface area contributed by atoms with Crippen LogP contribution in [0.5, 0.6) is 0 Å². The van der Waals surface area contributed by atoms with Crippen LogP contribution in [-0.2, 0) is 5.41 Å². The average Bonchev–Trinajstić information content (AvgIpc) is 3.92. The van der Waals surface area contributed by atoms with Gasteiger partial charge in [0.2, 0.25) is 0 Å². The van der Waals surface area contributed by atoms with Gasteiger partial charge in [-0.3, -0.25) is 0 Å². The molecule has 334 valence electrons. The molecule has 0 bridgehead atoms. The molecule has 0 fully saturated rings. The lowest BCUT2D eigenvalue weighted by Crippen LogP contribution is -2.26. The van der Waals surface area contributed by atoms with Gasteiger partial charge in [-0.2, -0.15) is 0 Å². The van der Waals surface area contributed by atoms with E-state index in [9.17, 15) is 0 Å². The summed E-state index contributed by atoms with van der Waals surface area (Å²) in [7, 11) is 0. The first-order valence-corrected chi connectivity index (χ1v) is 25.1. The second-order valence-corrected chi connectivity index (χ2v) is 19.5. The van der Waals surface area contributed by atoms with Crippen LogP contribution in [-0.4, -0.2) is 0 Å². The predicted octanol–water partition coefficient (Wildman–Crippen LogP) is 19.1. The Kier molecular flexibility index (Phi) is 8.94. The number of rotatable bonds is 6. The molecule has 1 heteroatoms. The molecular weight excluding hydrogens is 867 g/mol. The quantitative estimate of drug-likeness (QED) is 0.150. The van der Waals surface area contributed by atoms with E-state index < -0.39 is 5.41 Å². The summed E-state index contributed by atoms with van der Waals surface area (Å²) < 4.78 is 0. The van der Waals surface area contributed by atoms with Crippen molar-refractivity contribution in [1.82, 2.24) is 0 Å². The van der Waals surface area contributed by atoms with Crippen LogP contribution in [0.1, 0.15) is 22.3 Å². The average molecular weight is 912 g/mol. The lowest BCUT2D eigenvalue weighted by molar-refractivity contribution is 0.794. The number of anilines is 3. The van der Waals surface area contributed by atoms with Gasteiger partial charge < -0.3 is 4.90 Å². The second-order valence-electron chi connectivity index (χ2n) is 19.5. The molecule has 0 unspecified atom stereocenters. The smallest absolute Gasteiger partial charge is 0.0726 e. The van der Waals surface area contributed by atoms with Crippen molar-refractivity contribution in [3.63, 3.8) is 0 Å². The molecule has 0 heterocycles. The van der Waals surface area contributed by atoms with Crippen molar-refractivity contribution in [2.45, 2.75) is 5.41 Å². The van der Waals surface area contributed by atoms with Gasteiger partial charge in [0.25, 0.3) is 0 Å². The summed E-state index contributed by atoms with van der Waals surface area (Å²) in [5.41, 5.74) is 20.4. The Morgan fingerprint density at radius 2 is 0.667 bits per heavy atom. The van der Waals surface area contributed by atoms with E-state index in [2.05, 4.69) is 278 Å². The fraction of sp³-hybridized carbons (Fsp3) is 0.0141. The number of hydrogen-bond acceptors (Lipinski definition) is 1. The summed E-state index contributed by atoms with van der Waals surface area (Å²) in [5.74, 6) is 0. The third-order valence-corrected chi connectivity index (χ3v) is 15.8. The predicted molar refractivity (Wildman–Crippen MR) is 304 cm³/mol. The molecule has 0 N–H and O–H groups in total. The van der Waals surface area contributed by atoms with E-state index in [1.165, 1.54) is 121 Å². The SMILES string of the molecule is c1ccc(-c2ccccc2-c2ccc(N(c3ccc4c5ccccc5c5ccccc5c4c3)c3cc4c(cc3-c3ccc5ccccc5c3)-c3ccccc3C43c4ccccc4-c4ccccc43)cc2)cc1. The zero-order valence-electron chi connectivity index (χ0n) is 39.4. The summed E-state index contributed by atoms with van der Waals surface area (Å²) in [6.45, 7) is 0. The van der Waals surface area contributed by atoms with Gasteiger partial charge in [0, 0.05) is 16.9 Å². The molecule has 13 aromatic rings. The van der Waals surface area contributed by atoms with E-state index in [1.807, 2.05) is 0 Å². The van der Waals surface area contributed by atoms with Crippen LogP contribution in [0, 0.1) is 0 Å². The van der Waals surface area contributed by atoms with Gasteiger partial charge in [-0.05, 0) is 158 Å². The van der Waals surface area contributed by atoms with Gasteiger partial charge in [-0.15, -0.1) is 0 Å². The molecule has 2 aliphatic rings. The third kappa shape index (κ3) is 5.89. The maximum absolute atomic E-state index is 2.57. The molecule has 2 aliphatic carbocycles. The standard InChI is InChI=1S/C71H45N/c1-2-19-47(20-3-1)53-22-6-7-23-54(53)48-36-38-51(39-37-48)72(52-40-41-59-57-26-9-8-24-55(57)56-25-10-11-27-58(56)64(59)43-52)70-45-69-65(44-63(70)50-35-34-46-18-4-5-21-49(46)42-50)62-30-14-17-33-68(62)71(69)66-31-15-12-28-60(66)61-29-13-16-32-67(61)71/h1-45H. The van der Waals surface area contributed by atoms with E-state index in [4.69, 9.17) is 0 Å². The molecule has 0 radical (unpaired) electrons. The van der Waals surface area contributed by atoms with Crippen molar-refractivity contribution in [2.24, 2.45) is 0 Å². The molecule has 13 aromatic carbocycles. The normalized spacial score (nSPS) is 12.8. The van der Waals surface area contributed by atoms with Crippen molar-refractivity contribution in [3.05, 3.63) is 295 Å². The molecule has 0 amide bonds. The second kappa shape index (κ2) is 15.9. The van der Waals surface area contributed by atoms with Crippen LogP contribution in [0.25, 0.3) is 98.7 Å². The van der Waals surface area contributed by atoms with E-state index in [0.29, 0.717) is 0 Å². The molecule has 0 aliphatic heterocycles. The van der Waals surface area contributed by atoms with Crippen LogP contribution < -0.4 is 4.90 Å². The van der Waals surface area contributed by atoms with Crippen molar-refractivity contribution in [1.29, 1.82) is 0 Å². The number of fused-ring (bicyclic) bond motifs is 17. The van der Waals surface area contributed by atoms with E-state index in [1.54, 1.807) is 0 Å². The monoisotopic (exact) mass is 911 g/mol. The van der Waals surface area contributed by atoms with Gasteiger partial charge in [0.1, 0.15) is 0 Å². The lowest BCUT2D eigenvalue weighted by Gasteiger charge is -2.33. The van der Waals surface area contributed by atoms with Gasteiger partial charge in [-0.25, -0.2) is 0 Å². The van der Waals surface area contributed by atoms with Gasteiger partial charge in [-0.1, -0.05) is 231 Å². The maximum Gasteiger partial charge on any atom is 0.0726 e. The molecule has 0 atom stereocenters. The number of benzene rings is 13. The summed E-state index contributed by atoms with van der Waals surface area (Å²) >= 11 is 0. The molecule has 0 saturated carbocycles. The Morgan fingerprint density at radius 1 is 0.222 bits per heavy atom. The Labute approximate surface area is 419 Å². The first kappa shape index (κ1) is 40.6. The highest BCUT2D eigenvalue weighted by molar-refractivity contribution is 6.26. The van der Waals surface area contributed by atoms with Crippen molar-refractivity contribution < 1.29 is 0 Å². The fourth-order valence-corrected chi connectivity index (χ4v) is 12.8. The third-order valence-electron chi connectivity index (χ3n) is 15.8. The summed E-state index contributed by atoms with van der Waals surface area (Å²) in [6.07, 6.45) is 0. The van der Waals surface area contributed by atoms with E-state index in [0.717, 1.165) is 17.1 Å². The van der Waals surface area contributed by atoms with Crippen molar-refractivity contribution in [3.8, 4) is 55.6 Å². The van der Waals surface area contributed by atoms with Gasteiger partial charge in [0.15, 0.2) is 0 Å². The largest absolute Gasteiger partial charge is 0.310 e. The van der Waals surface area contributed by atoms with Gasteiger partial charge in [0.05, 0.1) is 11.1 Å². The van der Waals surface area contributed by atoms with Crippen LogP contribution in [0.2, 0.25) is 0 Å².